The summed E-state index contributed by atoms with van der Waals surface area (Å²) in [5.74, 6) is 0.442. The fraction of sp³-hybridized carbons (Fsp3) is 0.353. The van der Waals surface area contributed by atoms with Gasteiger partial charge in [-0.15, -0.1) is 11.3 Å². The summed E-state index contributed by atoms with van der Waals surface area (Å²) in [5.41, 5.74) is 1.85. The molecule has 0 aliphatic carbocycles. The Balaban J connectivity index is 1.58. The maximum absolute atomic E-state index is 12.7. The van der Waals surface area contributed by atoms with Crippen molar-refractivity contribution in [1.82, 2.24) is 20.1 Å². The van der Waals surface area contributed by atoms with Crippen LogP contribution < -0.4 is 0 Å². The molecule has 1 saturated heterocycles. The summed E-state index contributed by atoms with van der Waals surface area (Å²) in [6, 6.07) is 7.92. The number of rotatable bonds is 2. The van der Waals surface area contributed by atoms with Gasteiger partial charge >= 0.3 is 0 Å². The number of hydrogen-bond donors (Lipinski definition) is 1. The van der Waals surface area contributed by atoms with E-state index in [0.29, 0.717) is 5.92 Å². The van der Waals surface area contributed by atoms with Crippen molar-refractivity contribution in [3.63, 3.8) is 0 Å². The van der Waals surface area contributed by atoms with E-state index >= 15 is 0 Å². The summed E-state index contributed by atoms with van der Waals surface area (Å²) in [6.45, 7) is 3.60. The predicted molar refractivity (Wildman–Crippen MR) is 90.8 cm³/mol. The minimum Gasteiger partial charge on any atom is -0.337 e. The van der Waals surface area contributed by atoms with Crippen molar-refractivity contribution in [1.29, 1.82) is 0 Å². The van der Waals surface area contributed by atoms with Crippen molar-refractivity contribution in [2.24, 2.45) is 0 Å². The van der Waals surface area contributed by atoms with Gasteiger partial charge in [-0.2, -0.15) is 5.10 Å². The van der Waals surface area contributed by atoms with Crippen LogP contribution in [0.15, 0.2) is 30.5 Å². The average molecular weight is 326 g/mol. The zero-order chi connectivity index (χ0) is 15.8. The van der Waals surface area contributed by atoms with E-state index in [2.05, 4.69) is 15.2 Å². The van der Waals surface area contributed by atoms with Gasteiger partial charge in [0.2, 0.25) is 0 Å². The van der Waals surface area contributed by atoms with Crippen molar-refractivity contribution in [3.05, 3.63) is 45.9 Å². The lowest BCUT2D eigenvalue weighted by atomic mass is 9.93. The number of aromatic amines is 1. The highest BCUT2D eigenvalue weighted by atomic mass is 32.1. The number of likely N-dealkylation sites (tertiary alicyclic amines) is 1. The third-order valence-corrected chi connectivity index (χ3v) is 5.42. The first-order valence-corrected chi connectivity index (χ1v) is 8.69. The Morgan fingerprint density at radius 2 is 2.30 bits per heavy atom. The van der Waals surface area contributed by atoms with Gasteiger partial charge in [0.25, 0.3) is 5.91 Å². The van der Waals surface area contributed by atoms with E-state index in [4.69, 9.17) is 0 Å². The van der Waals surface area contributed by atoms with Crippen molar-refractivity contribution < 1.29 is 4.79 Å². The van der Waals surface area contributed by atoms with Crippen molar-refractivity contribution in [2.45, 2.75) is 25.7 Å². The molecule has 6 heteroatoms. The zero-order valence-corrected chi connectivity index (χ0v) is 13.8. The number of thiophene rings is 1. The second-order valence-corrected chi connectivity index (χ2v) is 7.30. The fourth-order valence-corrected chi connectivity index (χ4v) is 4.12. The van der Waals surface area contributed by atoms with Crippen LogP contribution in [0.25, 0.3) is 11.0 Å². The van der Waals surface area contributed by atoms with Crippen molar-refractivity contribution in [2.75, 3.05) is 13.1 Å². The molecule has 1 aliphatic rings. The van der Waals surface area contributed by atoms with Gasteiger partial charge in [-0.05, 0) is 44.0 Å². The molecule has 3 aromatic rings. The molecule has 0 spiro atoms. The van der Waals surface area contributed by atoms with Crippen LogP contribution in [0.1, 0.15) is 39.0 Å². The molecule has 3 aromatic heterocycles. The number of amides is 1. The number of pyridine rings is 1. The quantitative estimate of drug-likeness (QED) is 0.785. The van der Waals surface area contributed by atoms with E-state index in [0.717, 1.165) is 47.5 Å². The van der Waals surface area contributed by atoms with E-state index < -0.39 is 0 Å². The second kappa shape index (κ2) is 5.77. The van der Waals surface area contributed by atoms with Crippen LogP contribution >= 0.6 is 11.3 Å². The third kappa shape index (κ3) is 2.63. The van der Waals surface area contributed by atoms with Crippen LogP contribution in [-0.2, 0) is 0 Å². The normalized spacial score (nSPS) is 18.5. The topological polar surface area (TPSA) is 61.9 Å². The van der Waals surface area contributed by atoms with Gasteiger partial charge in [0.05, 0.1) is 4.88 Å². The number of hydrogen-bond acceptors (Lipinski definition) is 4. The Morgan fingerprint density at radius 1 is 1.39 bits per heavy atom. The number of carbonyl (C=O) groups is 1. The molecule has 0 saturated carbocycles. The number of nitrogens with one attached hydrogen (secondary N) is 1. The molecule has 1 fully saturated rings. The molecule has 0 aromatic carbocycles. The van der Waals surface area contributed by atoms with Crippen LogP contribution in [0.4, 0.5) is 0 Å². The van der Waals surface area contributed by atoms with Crippen LogP contribution in [0.3, 0.4) is 0 Å². The highest BCUT2D eigenvalue weighted by molar-refractivity contribution is 7.13. The van der Waals surface area contributed by atoms with E-state index in [1.54, 1.807) is 17.5 Å². The highest BCUT2D eigenvalue weighted by Gasteiger charge is 2.28. The van der Waals surface area contributed by atoms with Gasteiger partial charge in [0, 0.05) is 41.2 Å². The number of aryl methyl sites for hydroxylation is 1. The Kier molecular flexibility index (Phi) is 3.61. The standard InChI is InChI=1S/C17H18N4OS/c1-11-6-7-14(23-11)17(22)21-9-3-4-12(10-21)15-13-5-2-8-18-16(13)20-19-15/h2,5-8,12H,3-4,9-10H2,1H3,(H,18,19,20)/t12-/m1/s1. The number of H-pyrrole nitrogens is 1. The number of aromatic nitrogens is 3. The van der Waals surface area contributed by atoms with Crippen molar-refractivity contribution in [3.8, 4) is 0 Å². The van der Waals surface area contributed by atoms with Crippen LogP contribution in [0, 0.1) is 6.92 Å². The largest absolute Gasteiger partial charge is 0.337 e. The summed E-state index contributed by atoms with van der Waals surface area (Å²) in [6.07, 6.45) is 3.84. The third-order valence-electron chi connectivity index (χ3n) is 4.43. The van der Waals surface area contributed by atoms with Crippen LogP contribution in [-0.4, -0.2) is 39.1 Å². The van der Waals surface area contributed by atoms with Crippen LogP contribution in [0.2, 0.25) is 0 Å². The lowest BCUT2D eigenvalue weighted by Gasteiger charge is -2.32. The molecular weight excluding hydrogens is 308 g/mol. The molecule has 0 bridgehead atoms. The molecule has 5 nitrogen and oxygen atoms in total. The van der Waals surface area contributed by atoms with E-state index in [1.165, 1.54) is 4.88 Å². The Hall–Kier alpha value is -2.21. The van der Waals surface area contributed by atoms with Gasteiger partial charge in [-0.25, -0.2) is 4.98 Å². The Morgan fingerprint density at radius 3 is 3.13 bits per heavy atom. The van der Waals surface area contributed by atoms with Gasteiger partial charge in [-0.1, -0.05) is 0 Å². The van der Waals surface area contributed by atoms with Gasteiger partial charge in [0.15, 0.2) is 5.65 Å². The minimum atomic E-state index is 0.148. The monoisotopic (exact) mass is 326 g/mol. The molecular formula is C17H18N4OS. The van der Waals surface area contributed by atoms with E-state index in [-0.39, 0.29) is 5.91 Å². The first kappa shape index (κ1) is 14.4. The number of fused-ring (bicyclic) bond motifs is 1. The lowest BCUT2D eigenvalue weighted by molar-refractivity contribution is 0.0711. The molecule has 0 unspecified atom stereocenters. The van der Waals surface area contributed by atoms with Gasteiger partial charge in [0.1, 0.15) is 0 Å². The Bertz CT molecular complexity index is 853. The summed E-state index contributed by atoms with van der Waals surface area (Å²) in [4.78, 5) is 21.0. The molecule has 118 valence electrons. The molecule has 1 N–H and O–H groups in total. The molecule has 4 rings (SSSR count). The fourth-order valence-electron chi connectivity index (χ4n) is 3.28. The first-order chi connectivity index (χ1) is 11.2. The average Bonchev–Trinajstić information content (AvgIpc) is 3.20. The predicted octanol–water partition coefficient (Wildman–Crippen LogP) is 3.35. The maximum Gasteiger partial charge on any atom is 0.263 e. The maximum atomic E-state index is 12.7. The van der Waals surface area contributed by atoms with Gasteiger partial charge in [-0.3, -0.25) is 9.89 Å². The first-order valence-electron chi connectivity index (χ1n) is 7.87. The number of piperidine rings is 1. The molecule has 0 radical (unpaired) electrons. The number of nitrogens with zero attached hydrogens (tertiary/aromatic N) is 3. The molecule has 1 amide bonds. The van der Waals surface area contributed by atoms with E-state index in [9.17, 15) is 4.79 Å². The molecule has 23 heavy (non-hydrogen) atoms. The molecule has 4 heterocycles. The molecule has 1 aliphatic heterocycles. The Labute approximate surface area is 138 Å². The van der Waals surface area contributed by atoms with Gasteiger partial charge < -0.3 is 4.90 Å². The van der Waals surface area contributed by atoms with Crippen LogP contribution in [0.5, 0.6) is 0 Å². The summed E-state index contributed by atoms with van der Waals surface area (Å²) in [5, 5.41) is 8.49. The summed E-state index contributed by atoms with van der Waals surface area (Å²) in [7, 11) is 0. The van der Waals surface area contributed by atoms with E-state index in [1.807, 2.05) is 36.1 Å². The second-order valence-electron chi connectivity index (χ2n) is 6.01. The minimum absolute atomic E-state index is 0.148. The summed E-state index contributed by atoms with van der Waals surface area (Å²) >= 11 is 1.57. The zero-order valence-electron chi connectivity index (χ0n) is 13.0. The number of carbonyl (C=O) groups excluding carboxylic acids is 1. The summed E-state index contributed by atoms with van der Waals surface area (Å²) < 4.78 is 0. The van der Waals surface area contributed by atoms with Crippen molar-refractivity contribution >= 4 is 28.3 Å². The lowest BCUT2D eigenvalue weighted by Crippen LogP contribution is -2.38. The SMILES string of the molecule is Cc1ccc(C(=O)N2CCC[C@@H](c3[nH]nc4ncccc34)C2)s1. The highest BCUT2D eigenvalue weighted by Crippen LogP contribution is 2.31. The smallest absolute Gasteiger partial charge is 0.263 e. The molecule has 1 atom stereocenters.